The van der Waals surface area contributed by atoms with E-state index in [4.69, 9.17) is 10.2 Å². The van der Waals surface area contributed by atoms with Crippen LogP contribution in [0.1, 0.15) is 5.56 Å². The smallest absolute Gasteiger partial charge is 0.797 e. The molecule has 1 radical (unpaired) electrons. The topological polar surface area (TPSA) is 130 Å². The van der Waals surface area contributed by atoms with Crippen LogP contribution in [0.3, 0.4) is 0 Å². The minimum absolute atomic E-state index is 0. The number of rotatable bonds is 8. The average Bonchev–Trinajstić information content (AvgIpc) is 2.75. The number of aliphatic hydroxyl groups is 2. The standard InChI is InChI=1S/C17H31N3O6P2.Fe/c21-15-27(23,24)13-19-8-6-18(12-17-4-2-1-3-5-17)7-9-20(11-10-19)14-28(25,26)16-22;/h1-5,21-22H,6-16H2,(H,23,24)(H,25,26);/q;+5/p-2. The van der Waals surface area contributed by atoms with Gasteiger partial charge in [0.15, 0.2) is 0 Å². The first-order valence-corrected chi connectivity index (χ1v) is 13.2. The molecule has 2 atom stereocenters. The molecule has 1 saturated heterocycles. The summed E-state index contributed by atoms with van der Waals surface area (Å²) in [5.41, 5.74) is 1.12. The van der Waals surface area contributed by atoms with Gasteiger partial charge in [-0.25, -0.2) is 0 Å². The Hall–Kier alpha value is -0.0805. The maximum Gasteiger partial charge on any atom is 5.00 e. The molecule has 0 saturated carbocycles. The Morgan fingerprint density at radius 1 is 0.759 bits per heavy atom. The summed E-state index contributed by atoms with van der Waals surface area (Å²) < 4.78 is 23.7. The van der Waals surface area contributed by atoms with Crippen LogP contribution in [-0.4, -0.2) is 89.4 Å². The van der Waals surface area contributed by atoms with Gasteiger partial charge in [-0.15, -0.1) is 0 Å². The molecular formula is C17H29FeN3O6P2+3. The summed E-state index contributed by atoms with van der Waals surface area (Å²) >= 11 is 0. The van der Waals surface area contributed by atoms with Crippen LogP contribution >= 0.6 is 14.7 Å². The first-order chi connectivity index (χ1) is 13.2. The van der Waals surface area contributed by atoms with Gasteiger partial charge in [0.2, 0.25) is 0 Å². The van der Waals surface area contributed by atoms with Crippen LogP contribution in [0.4, 0.5) is 0 Å². The largest absolute Gasteiger partial charge is 5.00 e. The third-order valence-corrected chi connectivity index (χ3v) is 7.23. The second-order valence-electron chi connectivity index (χ2n) is 7.19. The van der Waals surface area contributed by atoms with Gasteiger partial charge in [0.25, 0.3) is 0 Å². The van der Waals surface area contributed by atoms with E-state index < -0.39 is 27.4 Å². The third kappa shape index (κ3) is 10.2. The van der Waals surface area contributed by atoms with E-state index in [0.717, 1.165) is 5.56 Å². The molecule has 1 aliphatic heterocycles. The van der Waals surface area contributed by atoms with Crippen LogP contribution in [0.2, 0.25) is 0 Å². The molecule has 12 heteroatoms. The minimum Gasteiger partial charge on any atom is -0.797 e. The van der Waals surface area contributed by atoms with E-state index in [2.05, 4.69) is 4.90 Å². The predicted molar refractivity (Wildman–Crippen MR) is 104 cm³/mol. The molecule has 2 unspecified atom stereocenters. The molecule has 9 nitrogen and oxygen atoms in total. The van der Waals surface area contributed by atoms with Gasteiger partial charge in [-0.2, -0.15) is 0 Å². The van der Waals surface area contributed by atoms with Gasteiger partial charge in [-0.05, 0) is 5.56 Å². The zero-order valence-corrected chi connectivity index (χ0v) is 19.2. The fourth-order valence-corrected chi connectivity index (χ4v) is 5.13. The summed E-state index contributed by atoms with van der Waals surface area (Å²) in [5, 5.41) is 18.1. The molecule has 1 fully saturated rings. The van der Waals surface area contributed by atoms with Crippen molar-refractivity contribution in [2.45, 2.75) is 6.54 Å². The molecule has 0 aromatic heterocycles. The Labute approximate surface area is 182 Å². The molecule has 2 rings (SSSR count). The van der Waals surface area contributed by atoms with Crippen molar-refractivity contribution in [2.24, 2.45) is 0 Å². The summed E-state index contributed by atoms with van der Waals surface area (Å²) in [5.74, 6) is 0. The zero-order chi connectivity index (χ0) is 20.6. The van der Waals surface area contributed by atoms with Crippen molar-refractivity contribution in [3.8, 4) is 0 Å². The molecule has 0 bridgehead atoms. The maximum atomic E-state index is 11.9. The van der Waals surface area contributed by atoms with E-state index in [1.54, 1.807) is 9.80 Å². The normalized spacial score (nSPS) is 21.8. The van der Waals surface area contributed by atoms with Gasteiger partial charge in [0.05, 0.1) is 27.4 Å². The van der Waals surface area contributed by atoms with E-state index in [9.17, 15) is 18.9 Å². The van der Waals surface area contributed by atoms with Crippen molar-refractivity contribution in [1.82, 2.24) is 14.7 Å². The van der Waals surface area contributed by atoms with Gasteiger partial charge < -0.3 is 29.1 Å². The van der Waals surface area contributed by atoms with Crippen LogP contribution in [0.15, 0.2) is 30.3 Å². The van der Waals surface area contributed by atoms with Gasteiger partial charge in [-0.1, -0.05) is 30.3 Å². The van der Waals surface area contributed by atoms with Crippen molar-refractivity contribution in [3.63, 3.8) is 0 Å². The number of nitrogens with zero attached hydrogens (tertiary/aromatic N) is 3. The van der Waals surface area contributed by atoms with Crippen LogP contribution in [0, 0.1) is 0 Å². The Morgan fingerprint density at radius 3 is 1.52 bits per heavy atom. The Balaban J connectivity index is 0.00000420. The van der Waals surface area contributed by atoms with Gasteiger partial charge in [0.1, 0.15) is 0 Å². The van der Waals surface area contributed by atoms with Crippen molar-refractivity contribution in [2.75, 3.05) is 64.5 Å². The second-order valence-corrected chi connectivity index (χ2v) is 11.6. The van der Waals surface area contributed by atoms with E-state index in [1.165, 1.54) is 0 Å². The summed E-state index contributed by atoms with van der Waals surface area (Å²) in [6, 6.07) is 9.86. The maximum absolute atomic E-state index is 11.9. The van der Waals surface area contributed by atoms with Gasteiger partial charge in [0, 0.05) is 58.4 Å². The van der Waals surface area contributed by atoms with Crippen LogP contribution in [0.5, 0.6) is 0 Å². The fraction of sp³-hybridized carbons (Fsp3) is 0.647. The molecule has 2 N–H and O–H groups in total. The number of aliphatic hydroxyl groups excluding tert-OH is 2. The zero-order valence-electron chi connectivity index (χ0n) is 16.3. The van der Waals surface area contributed by atoms with E-state index in [0.29, 0.717) is 45.8 Å². The second kappa shape index (κ2) is 12.7. The monoisotopic (exact) mass is 489 g/mol. The van der Waals surface area contributed by atoms with Crippen molar-refractivity contribution in [1.29, 1.82) is 0 Å². The fourth-order valence-electron chi connectivity index (χ4n) is 3.17. The predicted octanol–water partition coefficient (Wildman–Crippen LogP) is -0.805. The van der Waals surface area contributed by atoms with Crippen LogP contribution in [0.25, 0.3) is 0 Å². The summed E-state index contributed by atoms with van der Waals surface area (Å²) in [4.78, 5) is 29.3. The molecule has 29 heavy (non-hydrogen) atoms. The molecule has 0 amide bonds. The Kier molecular flexibility index (Phi) is 11.8. The summed E-state index contributed by atoms with van der Waals surface area (Å²) in [7, 11) is -7.81. The van der Waals surface area contributed by atoms with Crippen molar-refractivity contribution >= 4 is 14.7 Å². The van der Waals surface area contributed by atoms with Crippen LogP contribution < -0.4 is 9.79 Å². The van der Waals surface area contributed by atoms with Crippen molar-refractivity contribution in [3.05, 3.63) is 35.9 Å². The van der Waals surface area contributed by atoms with Gasteiger partial charge >= 0.3 is 17.1 Å². The van der Waals surface area contributed by atoms with Gasteiger partial charge in [-0.3, -0.25) is 14.7 Å². The minimum atomic E-state index is -3.90. The quantitative estimate of drug-likeness (QED) is 0.356. The molecule has 1 aromatic rings. The molecule has 1 aromatic carbocycles. The molecule has 163 valence electrons. The molecule has 0 spiro atoms. The number of hydrogen-bond acceptors (Lipinski definition) is 9. The Bertz CT molecular complexity index is 661. The Morgan fingerprint density at radius 2 is 1.14 bits per heavy atom. The number of hydrogen-bond donors (Lipinski definition) is 2. The van der Waals surface area contributed by atoms with E-state index in [1.807, 2.05) is 30.3 Å². The SMILES string of the molecule is O=P([O-])(CO)CN1CCN(Cc2ccccc2)CCN(CP(=O)([O-])CO)CC1.[Fe+5]. The molecule has 1 heterocycles. The third-order valence-electron chi connectivity index (χ3n) is 4.71. The summed E-state index contributed by atoms with van der Waals surface area (Å²) in [6.45, 7) is 3.68. The molecular weight excluding hydrogens is 460 g/mol. The summed E-state index contributed by atoms with van der Waals surface area (Å²) in [6.07, 6.45) is -2.26. The molecule has 1 aliphatic rings. The first-order valence-electron chi connectivity index (χ1n) is 9.24. The van der Waals surface area contributed by atoms with E-state index >= 15 is 0 Å². The molecule has 0 aliphatic carbocycles. The number of benzene rings is 1. The van der Waals surface area contributed by atoms with Crippen molar-refractivity contribution < 1.29 is 46.2 Å². The average molecular weight is 489 g/mol. The van der Waals surface area contributed by atoms with Crippen LogP contribution in [-0.2, 0) is 32.7 Å². The van der Waals surface area contributed by atoms with E-state index in [-0.39, 0.29) is 29.6 Å². The first kappa shape index (κ1) is 27.0.